The van der Waals surface area contributed by atoms with Crippen molar-refractivity contribution in [2.75, 3.05) is 40.8 Å². The summed E-state index contributed by atoms with van der Waals surface area (Å²) < 4.78 is 0. The van der Waals surface area contributed by atoms with Crippen LogP contribution in [0.1, 0.15) is 12.0 Å². The molecule has 0 aliphatic rings. The minimum absolute atomic E-state index is 0.291. The largest absolute Gasteiger partial charge is 0.480 e. The van der Waals surface area contributed by atoms with Crippen LogP contribution in [0.3, 0.4) is 0 Å². The number of hydrogen-bond donors (Lipinski definition) is 2. The Balaban J connectivity index is 2.70. The van der Waals surface area contributed by atoms with Gasteiger partial charge in [-0.05, 0) is 46.2 Å². The Bertz CT molecular complexity index is 422. The number of rotatable bonds is 8. The van der Waals surface area contributed by atoms with Crippen molar-refractivity contribution >= 4 is 5.97 Å². The van der Waals surface area contributed by atoms with Gasteiger partial charge in [-0.25, -0.2) is 4.79 Å². The number of aliphatic carboxylic acids is 1. The van der Waals surface area contributed by atoms with Gasteiger partial charge < -0.3 is 20.6 Å². The Morgan fingerprint density at radius 1 is 1.20 bits per heavy atom. The van der Waals surface area contributed by atoms with Gasteiger partial charge >= 0.3 is 5.97 Å². The van der Waals surface area contributed by atoms with Crippen molar-refractivity contribution in [1.29, 1.82) is 0 Å². The number of carboxylic acids is 1. The number of benzene rings is 1. The molecule has 0 radical (unpaired) electrons. The Morgan fingerprint density at radius 2 is 1.80 bits per heavy atom. The van der Waals surface area contributed by atoms with Gasteiger partial charge in [-0.1, -0.05) is 30.3 Å². The third-order valence-corrected chi connectivity index (χ3v) is 3.34. The van der Waals surface area contributed by atoms with Crippen LogP contribution in [-0.4, -0.2) is 61.7 Å². The van der Waals surface area contributed by atoms with E-state index in [1.165, 1.54) is 0 Å². The topological polar surface area (TPSA) is 69.8 Å². The zero-order valence-electron chi connectivity index (χ0n) is 12.5. The summed E-state index contributed by atoms with van der Waals surface area (Å²) in [5.74, 6) is -0.997. The highest BCUT2D eigenvalue weighted by molar-refractivity contribution is 5.80. The van der Waals surface area contributed by atoms with Crippen molar-refractivity contribution in [2.24, 2.45) is 5.73 Å². The number of nitrogens with zero attached hydrogens (tertiary/aromatic N) is 2. The van der Waals surface area contributed by atoms with Gasteiger partial charge in [-0.15, -0.1) is 0 Å². The van der Waals surface area contributed by atoms with Crippen LogP contribution in [0.25, 0.3) is 0 Å². The van der Waals surface area contributed by atoms with E-state index in [-0.39, 0.29) is 0 Å². The van der Waals surface area contributed by atoms with Crippen molar-refractivity contribution in [1.82, 2.24) is 9.80 Å². The highest BCUT2D eigenvalue weighted by Crippen LogP contribution is 2.19. The molecule has 5 heteroatoms. The van der Waals surface area contributed by atoms with Crippen LogP contribution in [0.5, 0.6) is 0 Å². The molecule has 1 atom stereocenters. The van der Waals surface area contributed by atoms with E-state index in [1.807, 2.05) is 44.2 Å². The molecule has 1 aromatic rings. The van der Waals surface area contributed by atoms with Crippen LogP contribution in [0.15, 0.2) is 30.3 Å². The number of hydrogen-bond acceptors (Lipinski definition) is 4. The summed E-state index contributed by atoms with van der Waals surface area (Å²) >= 11 is 0. The Labute approximate surface area is 121 Å². The second-order valence-electron chi connectivity index (χ2n) is 5.54. The molecule has 1 aromatic carbocycles. The van der Waals surface area contributed by atoms with Crippen LogP contribution in [0.2, 0.25) is 0 Å². The van der Waals surface area contributed by atoms with Crippen LogP contribution in [-0.2, 0) is 10.3 Å². The summed E-state index contributed by atoms with van der Waals surface area (Å²) in [6, 6.07) is 9.01. The average Bonchev–Trinajstić information content (AvgIpc) is 2.38. The maximum absolute atomic E-state index is 11.6. The van der Waals surface area contributed by atoms with E-state index in [4.69, 9.17) is 5.73 Å². The van der Waals surface area contributed by atoms with Gasteiger partial charge in [0.1, 0.15) is 0 Å². The third kappa shape index (κ3) is 4.59. The number of carbonyl (C=O) groups is 1. The maximum atomic E-state index is 11.6. The molecule has 0 saturated carbocycles. The van der Waals surface area contributed by atoms with Crippen LogP contribution in [0.4, 0.5) is 0 Å². The lowest BCUT2D eigenvalue weighted by molar-refractivity contribution is -0.144. The van der Waals surface area contributed by atoms with Gasteiger partial charge in [0.2, 0.25) is 0 Å². The predicted molar refractivity (Wildman–Crippen MR) is 80.6 cm³/mol. The second-order valence-corrected chi connectivity index (χ2v) is 5.54. The molecular weight excluding hydrogens is 254 g/mol. The molecule has 1 rings (SSSR count). The monoisotopic (exact) mass is 279 g/mol. The fourth-order valence-corrected chi connectivity index (χ4v) is 2.18. The Kier molecular flexibility index (Phi) is 6.13. The molecule has 20 heavy (non-hydrogen) atoms. The SMILES string of the molecule is CN(C)CCCN(C)CC(N)(C(=O)O)c1ccccc1. The highest BCUT2D eigenvalue weighted by Gasteiger charge is 2.36. The molecule has 0 aliphatic carbocycles. The molecule has 0 aromatic heterocycles. The van der Waals surface area contributed by atoms with Gasteiger partial charge in [-0.3, -0.25) is 0 Å². The zero-order valence-corrected chi connectivity index (χ0v) is 12.5. The van der Waals surface area contributed by atoms with E-state index >= 15 is 0 Å². The second kappa shape index (κ2) is 7.38. The van der Waals surface area contributed by atoms with E-state index in [9.17, 15) is 9.90 Å². The molecule has 0 spiro atoms. The molecule has 0 aliphatic heterocycles. The van der Waals surface area contributed by atoms with Crippen LogP contribution < -0.4 is 5.73 Å². The molecule has 0 bridgehead atoms. The molecule has 0 heterocycles. The summed E-state index contributed by atoms with van der Waals surface area (Å²) in [5.41, 5.74) is 5.41. The standard InChI is InChI=1S/C15H25N3O2/c1-17(2)10-7-11-18(3)12-15(16,14(19)20)13-8-5-4-6-9-13/h4-6,8-9H,7,10-12,16H2,1-3H3,(H,19,20). The minimum Gasteiger partial charge on any atom is -0.480 e. The summed E-state index contributed by atoms with van der Waals surface area (Å²) in [5, 5.41) is 9.49. The number of carboxylic acid groups (broad SMARTS) is 1. The van der Waals surface area contributed by atoms with Gasteiger partial charge in [0, 0.05) is 6.54 Å². The quantitative estimate of drug-likeness (QED) is 0.737. The predicted octanol–water partition coefficient (Wildman–Crippen LogP) is 0.809. The fraction of sp³-hybridized carbons (Fsp3) is 0.533. The van der Waals surface area contributed by atoms with Crippen molar-refractivity contribution in [2.45, 2.75) is 12.0 Å². The summed E-state index contributed by atoms with van der Waals surface area (Å²) in [4.78, 5) is 15.7. The molecule has 0 amide bonds. The lowest BCUT2D eigenvalue weighted by Crippen LogP contribution is -2.52. The lowest BCUT2D eigenvalue weighted by atomic mass is 9.90. The van der Waals surface area contributed by atoms with Crippen molar-refractivity contribution in [3.8, 4) is 0 Å². The molecule has 0 saturated heterocycles. The third-order valence-electron chi connectivity index (χ3n) is 3.34. The normalized spacial score (nSPS) is 14.5. The van der Waals surface area contributed by atoms with Crippen LogP contribution >= 0.6 is 0 Å². The van der Waals surface area contributed by atoms with Gasteiger partial charge in [-0.2, -0.15) is 0 Å². The molecule has 1 unspecified atom stereocenters. The maximum Gasteiger partial charge on any atom is 0.329 e. The van der Waals surface area contributed by atoms with Crippen molar-refractivity contribution in [3.63, 3.8) is 0 Å². The smallest absolute Gasteiger partial charge is 0.329 e. The first-order valence-electron chi connectivity index (χ1n) is 6.77. The van der Waals surface area contributed by atoms with E-state index in [2.05, 4.69) is 4.90 Å². The summed E-state index contributed by atoms with van der Waals surface area (Å²) in [6.07, 6.45) is 0.980. The van der Waals surface area contributed by atoms with E-state index in [0.717, 1.165) is 19.5 Å². The molecule has 5 nitrogen and oxygen atoms in total. The average molecular weight is 279 g/mol. The molecule has 3 N–H and O–H groups in total. The molecular formula is C15H25N3O2. The van der Waals surface area contributed by atoms with Gasteiger partial charge in [0.15, 0.2) is 5.54 Å². The summed E-state index contributed by atoms with van der Waals surface area (Å²) in [6.45, 7) is 2.08. The minimum atomic E-state index is -1.37. The number of likely N-dealkylation sites (N-methyl/N-ethyl adjacent to an activating group) is 1. The first-order valence-corrected chi connectivity index (χ1v) is 6.77. The molecule has 0 fully saturated rings. The zero-order chi connectivity index (χ0) is 15.2. The van der Waals surface area contributed by atoms with E-state index in [0.29, 0.717) is 12.1 Å². The fourth-order valence-electron chi connectivity index (χ4n) is 2.18. The van der Waals surface area contributed by atoms with Crippen molar-refractivity contribution < 1.29 is 9.90 Å². The van der Waals surface area contributed by atoms with Gasteiger partial charge in [0.25, 0.3) is 0 Å². The summed E-state index contributed by atoms with van der Waals surface area (Å²) in [7, 11) is 5.95. The lowest BCUT2D eigenvalue weighted by Gasteiger charge is -2.30. The van der Waals surface area contributed by atoms with E-state index < -0.39 is 11.5 Å². The first kappa shape index (κ1) is 16.6. The first-order chi connectivity index (χ1) is 9.36. The van der Waals surface area contributed by atoms with E-state index in [1.54, 1.807) is 12.1 Å². The highest BCUT2D eigenvalue weighted by atomic mass is 16.4. The Hall–Kier alpha value is -1.43. The number of nitrogens with two attached hydrogens (primary N) is 1. The van der Waals surface area contributed by atoms with Crippen molar-refractivity contribution in [3.05, 3.63) is 35.9 Å². The van der Waals surface area contributed by atoms with Gasteiger partial charge in [0.05, 0.1) is 0 Å². The Morgan fingerprint density at radius 3 is 2.30 bits per heavy atom. The van der Waals surface area contributed by atoms with Crippen LogP contribution in [0, 0.1) is 0 Å². The molecule has 112 valence electrons.